The number of rotatable bonds is 2. The highest BCUT2D eigenvalue weighted by atomic mass is 19.1. The summed E-state index contributed by atoms with van der Waals surface area (Å²) in [6.07, 6.45) is 3.09. The lowest BCUT2D eigenvalue weighted by atomic mass is 10.1. The summed E-state index contributed by atoms with van der Waals surface area (Å²) in [7, 11) is 0. The maximum atomic E-state index is 13.9. The average molecular weight is 237 g/mol. The van der Waals surface area contributed by atoms with Crippen LogP contribution < -0.4 is 0 Å². The maximum absolute atomic E-state index is 13.9. The minimum Gasteiger partial charge on any atom is -0.392 e. The Kier molecular flexibility index (Phi) is 3.74. The van der Waals surface area contributed by atoms with Gasteiger partial charge in [-0.05, 0) is 25.3 Å². The summed E-state index contributed by atoms with van der Waals surface area (Å²) >= 11 is 0. The van der Waals surface area contributed by atoms with Crippen molar-refractivity contribution in [2.75, 3.05) is 13.1 Å². The monoisotopic (exact) mass is 237 g/mol. The molecule has 17 heavy (non-hydrogen) atoms. The van der Waals surface area contributed by atoms with Crippen molar-refractivity contribution >= 4 is 5.91 Å². The SMILES string of the molecule is O=C(c1cccc(CO)c1F)N1CCCCC1. The lowest BCUT2D eigenvalue weighted by molar-refractivity contribution is 0.0719. The molecule has 1 aliphatic rings. The fourth-order valence-corrected chi connectivity index (χ4v) is 2.13. The van der Waals surface area contributed by atoms with E-state index in [1.165, 1.54) is 12.1 Å². The number of benzene rings is 1. The van der Waals surface area contributed by atoms with E-state index in [-0.39, 0.29) is 23.6 Å². The van der Waals surface area contributed by atoms with Crippen LogP contribution in [0.5, 0.6) is 0 Å². The predicted octanol–water partition coefficient (Wildman–Crippen LogP) is 1.94. The maximum Gasteiger partial charge on any atom is 0.256 e. The molecule has 1 heterocycles. The van der Waals surface area contributed by atoms with Crippen molar-refractivity contribution in [2.45, 2.75) is 25.9 Å². The lowest BCUT2D eigenvalue weighted by Crippen LogP contribution is -2.36. The van der Waals surface area contributed by atoms with Crippen molar-refractivity contribution in [3.8, 4) is 0 Å². The Hall–Kier alpha value is -1.42. The van der Waals surface area contributed by atoms with Gasteiger partial charge in [-0.15, -0.1) is 0 Å². The summed E-state index contributed by atoms with van der Waals surface area (Å²) in [6, 6.07) is 4.57. The summed E-state index contributed by atoms with van der Waals surface area (Å²) in [5.41, 5.74) is 0.242. The van der Waals surface area contributed by atoms with Gasteiger partial charge in [0.2, 0.25) is 0 Å². The second-order valence-electron chi connectivity index (χ2n) is 4.29. The van der Waals surface area contributed by atoms with Gasteiger partial charge in [0, 0.05) is 18.7 Å². The van der Waals surface area contributed by atoms with Gasteiger partial charge in [-0.1, -0.05) is 12.1 Å². The number of piperidine rings is 1. The van der Waals surface area contributed by atoms with E-state index in [0.29, 0.717) is 13.1 Å². The minimum atomic E-state index is -0.592. The van der Waals surface area contributed by atoms with Gasteiger partial charge in [0.15, 0.2) is 0 Å². The van der Waals surface area contributed by atoms with Crippen molar-refractivity contribution in [3.63, 3.8) is 0 Å². The van der Waals surface area contributed by atoms with Gasteiger partial charge in [-0.2, -0.15) is 0 Å². The molecule has 0 spiro atoms. The van der Waals surface area contributed by atoms with E-state index in [9.17, 15) is 9.18 Å². The Morgan fingerprint density at radius 1 is 1.29 bits per heavy atom. The molecular weight excluding hydrogens is 221 g/mol. The van der Waals surface area contributed by atoms with Crippen molar-refractivity contribution in [1.29, 1.82) is 0 Å². The smallest absolute Gasteiger partial charge is 0.256 e. The largest absolute Gasteiger partial charge is 0.392 e. The number of halogens is 1. The summed E-state index contributed by atoms with van der Waals surface area (Å²) < 4.78 is 13.9. The number of likely N-dealkylation sites (tertiary alicyclic amines) is 1. The van der Waals surface area contributed by atoms with Crippen LogP contribution in [0.3, 0.4) is 0 Å². The number of carbonyl (C=O) groups excluding carboxylic acids is 1. The average Bonchev–Trinajstić information content (AvgIpc) is 2.39. The van der Waals surface area contributed by atoms with Crippen LogP contribution in [0.1, 0.15) is 35.2 Å². The Morgan fingerprint density at radius 2 is 2.00 bits per heavy atom. The molecule has 0 aliphatic carbocycles. The van der Waals surface area contributed by atoms with E-state index in [0.717, 1.165) is 19.3 Å². The number of carbonyl (C=O) groups is 1. The highest BCUT2D eigenvalue weighted by Crippen LogP contribution is 2.18. The fourth-order valence-electron chi connectivity index (χ4n) is 2.13. The summed E-state index contributed by atoms with van der Waals surface area (Å²) in [6.45, 7) is 1.01. The molecule has 4 heteroatoms. The van der Waals surface area contributed by atoms with Gasteiger partial charge in [-0.3, -0.25) is 4.79 Å². The van der Waals surface area contributed by atoms with Gasteiger partial charge in [-0.25, -0.2) is 4.39 Å². The molecule has 0 atom stereocenters. The molecule has 1 aromatic rings. The zero-order chi connectivity index (χ0) is 12.3. The molecule has 2 rings (SSSR count). The van der Waals surface area contributed by atoms with Gasteiger partial charge in [0.25, 0.3) is 5.91 Å². The van der Waals surface area contributed by atoms with Crippen LogP contribution in [0.2, 0.25) is 0 Å². The Labute approximate surface area is 99.9 Å². The van der Waals surface area contributed by atoms with Crippen molar-refractivity contribution in [1.82, 2.24) is 4.90 Å². The van der Waals surface area contributed by atoms with Crippen LogP contribution in [0.25, 0.3) is 0 Å². The fraction of sp³-hybridized carbons (Fsp3) is 0.462. The zero-order valence-corrected chi connectivity index (χ0v) is 9.66. The number of nitrogens with zero attached hydrogens (tertiary/aromatic N) is 1. The highest BCUT2D eigenvalue weighted by Gasteiger charge is 2.21. The van der Waals surface area contributed by atoms with Gasteiger partial charge >= 0.3 is 0 Å². The van der Waals surface area contributed by atoms with Crippen LogP contribution in [-0.2, 0) is 6.61 Å². The van der Waals surface area contributed by atoms with Crippen LogP contribution >= 0.6 is 0 Å². The first kappa shape index (κ1) is 12.0. The van der Waals surface area contributed by atoms with Crippen molar-refractivity contribution in [2.24, 2.45) is 0 Å². The summed E-state index contributed by atoms with van der Waals surface area (Å²) in [5, 5.41) is 8.97. The third-order valence-corrected chi connectivity index (χ3v) is 3.12. The Bertz CT molecular complexity index is 414. The van der Waals surface area contributed by atoms with E-state index in [1.54, 1.807) is 11.0 Å². The second kappa shape index (κ2) is 5.27. The molecule has 1 fully saturated rings. The Morgan fingerprint density at radius 3 is 2.65 bits per heavy atom. The molecule has 1 N–H and O–H groups in total. The summed E-state index contributed by atoms with van der Waals surface area (Å²) in [5.74, 6) is -0.858. The van der Waals surface area contributed by atoms with Crippen molar-refractivity contribution in [3.05, 3.63) is 35.1 Å². The van der Waals surface area contributed by atoms with E-state index in [1.807, 2.05) is 0 Å². The van der Waals surface area contributed by atoms with Gasteiger partial charge < -0.3 is 10.0 Å². The van der Waals surface area contributed by atoms with Crippen molar-refractivity contribution < 1.29 is 14.3 Å². The molecular formula is C13H16FNO2. The Balaban J connectivity index is 2.23. The minimum absolute atomic E-state index is 0.0680. The van der Waals surface area contributed by atoms with Gasteiger partial charge in [0.05, 0.1) is 12.2 Å². The van der Waals surface area contributed by atoms with Crippen LogP contribution in [0, 0.1) is 5.82 Å². The normalized spacial score (nSPS) is 16.0. The number of hydrogen-bond acceptors (Lipinski definition) is 2. The molecule has 1 aromatic carbocycles. The molecule has 0 saturated carbocycles. The second-order valence-corrected chi connectivity index (χ2v) is 4.29. The molecule has 1 amide bonds. The molecule has 92 valence electrons. The zero-order valence-electron chi connectivity index (χ0n) is 9.66. The first-order valence-electron chi connectivity index (χ1n) is 5.91. The lowest BCUT2D eigenvalue weighted by Gasteiger charge is -2.27. The first-order valence-corrected chi connectivity index (χ1v) is 5.91. The molecule has 0 radical (unpaired) electrons. The standard InChI is InChI=1S/C13H16FNO2/c14-12-10(9-16)5-4-6-11(12)13(17)15-7-2-1-3-8-15/h4-6,16H,1-3,7-9H2. The van der Waals surface area contributed by atoms with Gasteiger partial charge in [0.1, 0.15) is 5.82 Å². The van der Waals surface area contributed by atoms with Crippen LogP contribution in [0.15, 0.2) is 18.2 Å². The quantitative estimate of drug-likeness (QED) is 0.854. The first-order chi connectivity index (χ1) is 8.24. The third-order valence-electron chi connectivity index (χ3n) is 3.12. The molecule has 1 saturated heterocycles. The van der Waals surface area contributed by atoms with Crippen LogP contribution in [-0.4, -0.2) is 29.0 Å². The molecule has 0 bridgehead atoms. The molecule has 3 nitrogen and oxygen atoms in total. The topological polar surface area (TPSA) is 40.5 Å². The van der Waals surface area contributed by atoms with E-state index < -0.39 is 5.82 Å². The van der Waals surface area contributed by atoms with E-state index >= 15 is 0 Å². The number of amides is 1. The van der Waals surface area contributed by atoms with Crippen LogP contribution in [0.4, 0.5) is 4.39 Å². The highest BCUT2D eigenvalue weighted by molar-refractivity contribution is 5.94. The number of aliphatic hydroxyl groups excluding tert-OH is 1. The molecule has 1 aliphatic heterocycles. The number of aliphatic hydroxyl groups is 1. The summed E-state index contributed by atoms with van der Waals surface area (Å²) in [4.78, 5) is 13.8. The predicted molar refractivity (Wildman–Crippen MR) is 62.1 cm³/mol. The van der Waals surface area contributed by atoms with E-state index in [4.69, 9.17) is 5.11 Å². The molecule has 0 unspecified atom stereocenters. The number of hydrogen-bond donors (Lipinski definition) is 1. The van der Waals surface area contributed by atoms with E-state index in [2.05, 4.69) is 0 Å². The molecule has 0 aromatic heterocycles. The third kappa shape index (κ3) is 2.47.